The number of nitrogens with zero attached hydrogens (tertiary/aromatic N) is 3. The van der Waals surface area contributed by atoms with Crippen LogP contribution in [0.1, 0.15) is 52.7 Å². The van der Waals surface area contributed by atoms with Crippen LogP contribution in [0.4, 0.5) is 30.7 Å². The third kappa shape index (κ3) is 8.44. The molecule has 0 bridgehead atoms. The van der Waals surface area contributed by atoms with Crippen molar-refractivity contribution in [2.24, 2.45) is 0 Å². The fourth-order valence-electron chi connectivity index (χ4n) is 4.52. The van der Waals surface area contributed by atoms with Crippen molar-refractivity contribution in [3.63, 3.8) is 0 Å². The van der Waals surface area contributed by atoms with Crippen molar-refractivity contribution in [1.29, 1.82) is 0 Å². The molecule has 1 saturated heterocycles. The molecular formula is C26H29AsClF7N4O2. The fourth-order valence-corrected chi connectivity index (χ4v) is 6.31. The van der Waals surface area contributed by atoms with Crippen LogP contribution >= 0.6 is 12.4 Å². The normalized spacial score (nSPS) is 19.3. The predicted octanol–water partition coefficient (Wildman–Crippen LogP) is 6.92. The van der Waals surface area contributed by atoms with Gasteiger partial charge in [-0.05, 0) is 6.07 Å². The summed E-state index contributed by atoms with van der Waals surface area (Å²) in [7, 11) is 0. The second-order valence-corrected chi connectivity index (χ2v) is 15.0. The number of H-pyrrole nitrogens is 1. The van der Waals surface area contributed by atoms with Gasteiger partial charge in [0.15, 0.2) is 0 Å². The number of nitrogens with one attached hydrogen (secondary N) is 1. The van der Waals surface area contributed by atoms with E-state index in [-0.39, 0.29) is 30.6 Å². The molecule has 0 saturated carbocycles. The van der Waals surface area contributed by atoms with Crippen molar-refractivity contribution in [3.8, 4) is 0 Å². The quantitative estimate of drug-likeness (QED) is 0.208. The molecule has 2 aromatic carbocycles. The van der Waals surface area contributed by atoms with Crippen molar-refractivity contribution < 1.29 is 40.2 Å². The second kappa shape index (κ2) is 13.4. The molecule has 0 radical (unpaired) electrons. The third-order valence-corrected chi connectivity index (χ3v) is 8.42. The van der Waals surface area contributed by atoms with Gasteiger partial charge in [-0.2, -0.15) is 26.3 Å². The number of halogens is 8. The van der Waals surface area contributed by atoms with Crippen LogP contribution < -0.4 is 0 Å². The minimum absolute atomic E-state index is 0. The molecule has 1 aliphatic rings. The van der Waals surface area contributed by atoms with Gasteiger partial charge in [0.05, 0.1) is 0 Å². The molecule has 41 heavy (non-hydrogen) atoms. The maximum atomic E-state index is 13.7. The Kier molecular flexibility index (Phi) is 10.9. The number of aromatic nitrogens is 3. The average Bonchev–Trinajstić information content (AvgIpc) is 3.29. The molecule has 6 nitrogen and oxygen atoms in total. The Morgan fingerprint density at radius 3 is 2.15 bits per heavy atom. The van der Waals surface area contributed by atoms with Crippen molar-refractivity contribution >= 4 is 27.1 Å². The second-order valence-electron chi connectivity index (χ2n) is 9.78. The van der Waals surface area contributed by atoms with Gasteiger partial charge in [-0.1, -0.05) is 0 Å². The van der Waals surface area contributed by atoms with E-state index in [0.717, 1.165) is 16.6 Å². The van der Waals surface area contributed by atoms with Gasteiger partial charge in [0, 0.05) is 0 Å². The van der Waals surface area contributed by atoms with Gasteiger partial charge in [0.2, 0.25) is 0 Å². The van der Waals surface area contributed by atoms with E-state index in [1.54, 1.807) is 12.1 Å². The number of ether oxygens (including phenoxy) is 2. The van der Waals surface area contributed by atoms with E-state index in [1.165, 1.54) is 19.1 Å². The molecule has 15 heteroatoms. The standard InChI is InChI=1S/C26H28AsF7N4O2.ClH/c1-15(17-10-18(25(29,30)31)12-19(11-17)26(32,33)34)40-24-23(16-4-6-20(28)7-5-16)38(8-9-39-24)14-22-21(13-27(2)3)35-37-36-22;/h4-7,10-12,15,23-24H,8-9,13-14H2,1-3H3,(H,35,36,37);1H/t15-,23?,24?;/m1./s1. The van der Waals surface area contributed by atoms with Gasteiger partial charge in [-0.15, -0.1) is 12.4 Å². The summed E-state index contributed by atoms with van der Waals surface area (Å²) in [5.41, 5.74) is 3.36. The topological polar surface area (TPSA) is 63.3 Å². The summed E-state index contributed by atoms with van der Waals surface area (Å²) in [4.78, 5) is 1.98. The van der Waals surface area contributed by atoms with Crippen LogP contribution in [0.5, 0.6) is 0 Å². The van der Waals surface area contributed by atoms with Crippen LogP contribution in [0.25, 0.3) is 0 Å². The monoisotopic (exact) mass is 672 g/mol. The first-order chi connectivity index (χ1) is 18.7. The largest absolute Gasteiger partial charge is 0.147 e. The molecule has 1 fully saturated rings. The third-order valence-electron chi connectivity index (χ3n) is 6.46. The summed E-state index contributed by atoms with van der Waals surface area (Å²) in [6.45, 7) is 2.29. The van der Waals surface area contributed by atoms with Crippen LogP contribution in [0.15, 0.2) is 42.5 Å². The first-order valence-corrected chi connectivity index (χ1v) is 17.4. The van der Waals surface area contributed by atoms with E-state index in [4.69, 9.17) is 9.47 Å². The van der Waals surface area contributed by atoms with E-state index in [0.29, 0.717) is 30.8 Å². The van der Waals surface area contributed by atoms with Crippen molar-refractivity contribution in [2.75, 3.05) is 13.2 Å². The molecule has 3 atom stereocenters. The van der Waals surface area contributed by atoms with Gasteiger partial charge in [-0.25, -0.2) is 0 Å². The number of alkyl halides is 6. The molecule has 1 aliphatic heterocycles. The summed E-state index contributed by atoms with van der Waals surface area (Å²) < 4.78 is 106. The van der Waals surface area contributed by atoms with E-state index < -0.39 is 62.4 Å². The maximum absolute atomic E-state index is 13.7. The molecule has 4 rings (SSSR count). The minimum atomic E-state index is -4.99. The Hall–Kier alpha value is -2.18. The van der Waals surface area contributed by atoms with Gasteiger partial charge < -0.3 is 0 Å². The molecular weight excluding hydrogens is 644 g/mol. The molecule has 0 amide bonds. The van der Waals surface area contributed by atoms with E-state index >= 15 is 0 Å². The number of hydrogen-bond donors (Lipinski definition) is 1. The Labute approximate surface area is 243 Å². The molecule has 1 aromatic heterocycles. The SMILES string of the molecule is C[C@@H](OC1OCCN(Cc2n[nH]nc2C[As](C)C)C1c1ccc(F)cc1)c1cc(C(F)(F)F)cc(C(F)(F)F)c1.Cl. The summed E-state index contributed by atoms with van der Waals surface area (Å²) in [6, 6.07) is 6.31. The first-order valence-electron chi connectivity index (χ1n) is 12.3. The molecule has 0 aliphatic carbocycles. The van der Waals surface area contributed by atoms with E-state index in [9.17, 15) is 30.7 Å². The zero-order chi connectivity index (χ0) is 29.2. The summed E-state index contributed by atoms with van der Waals surface area (Å²) in [5, 5.41) is 12.0. The minimum Gasteiger partial charge on any atom is -0.147 e. The molecule has 226 valence electrons. The predicted molar refractivity (Wildman–Crippen MR) is 140 cm³/mol. The van der Waals surface area contributed by atoms with Gasteiger partial charge >= 0.3 is 199 Å². The first kappa shape index (κ1) is 33.3. The molecule has 3 aromatic rings. The molecule has 2 unspecified atom stereocenters. The smallest absolute Gasteiger partial charge is 0.147 e. The number of rotatable bonds is 8. The van der Waals surface area contributed by atoms with E-state index in [1.807, 2.05) is 4.90 Å². The van der Waals surface area contributed by atoms with Crippen molar-refractivity contribution in [2.45, 2.75) is 60.9 Å². The molecule has 2 heterocycles. The Balaban J connectivity index is 0.00000462. The number of hydrogen-bond acceptors (Lipinski definition) is 5. The van der Waals surface area contributed by atoms with Crippen molar-refractivity contribution in [3.05, 3.63) is 81.9 Å². The Morgan fingerprint density at radius 2 is 1.59 bits per heavy atom. The van der Waals surface area contributed by atoms with Gasteiger partial charge in [0.25, 0.3) is 0 Å². The van der Waals surface area contributed by atoms with Crippen molar-refractivity contribution in [1.82, 2.24) is 20.3 Å². The maximum Gasteiger partial charge on any atom is -0.147 e. The number of morpholine rings is 1. The summed E-state index contributed by atoms with van der Waals surface area (Å²) >= 11 is -1.09. The van der Waals surface area contributed by atoms with E-state index in [2.05, 4.69) is 26.8 Å². The van der Waals surface area contributed by atoms with Crippen LogP contribution in [-0.4, -0.2) is 54.4 Å². The van der Waals surface area contributed by atoms with Crippen LogP contribution in [0.3, 0.4) is 0 Å². The molecule has 0 spiro atoms. The number of benzene rings is 2. The number of aromatic amines is 1. The summed E-state index contributed by atoms with van der Waals surface area (Å²) in [6.07, 6.45) is -12.3. The van der Waals surface area contributed by atoms with Crippen LogP contribution in [-0.2, 0) is 33.6 Å². The average molecular weight is 673 g/mol. The molecule has 1 N–H and O–H groups in total. The fraction of sp³-hybridized carbons (Fsp3) is 0.462. The Morgan fingerprint density at radius 1 is 1.00 bits per heavy atom. The zero-order valence-electron chi connectivity index (χ0n) is 22.3. The zero-order valence-corrected chi connectivity index (χ0v) is 25.0. The van der Waals surface area contributed by atoms with Gasteiger partial charge in [-0.3, -0.25) is 0 Å². The van der Waals surface area contributed by atoms with Gasteiger partial charge in [0.1, 0.15) is 0 Å². The van der Waals surface area contributed by atoms with Crippen LogP contribution in [0.2, 0.25) is 11.4 Å². The summed E-state index contributed by atoms with van der Waals surface area (Å²) in [5.74, 6) is -0.470. The van der Waals surface area contributed by atoms with Crippen LogP contribution in [0, 0.1) is 5.82 Å². The Bertz CT molecular complexity index is 1260.